The Labute approximate surface area is 147 Å². The van der Waals surface area contributed by atoms with Gasteiger partial charge in [0.15, 0.2) is 0 Å². The molecule has 0 amide bonds. The summed E-state index contributed by atoms with van der Waals surface area (Å²) in [6.07, 6.45) is 9.07. The van der Waals surface area contributed by atoms with Crippen LogP contribution in [0.2, 0.25) is 0 Å². The molecule has 3 nitrogen and oxygen atoms in total. The first kappa shape index (κ1) is 16.6. The molecule has 4 rings (SSSR count). The second-order valence-electron chi connectivity index (χ2n) is 8.16. The molecule has 1 aliphatic carbocycles. The topological polar surface area (TPSA) is 15.7 Å². The van der Waals surface area contributed by atoms with Gasteiger partial charge in [-0.1, -0.05) is 30.3 Å². The highest BCUT2D eigenvalue weighted by Gasteiger charge is 2.46. The van der Waals surface area contributed by atoms with Crippen LogP contribution in [0.1, 0.15) is 50.5 Å². The predicted octanol–water partition coefficient (Wildman–Crippen LogP) is 3.68. The first-order chi connectivity index (χ1) is 11.8. The molecule has 1 saturated carbocycles. The average molecular weight is 329 g/mol. The van der Waals surface area contributed by atoms with Crippen LogP contribution in [0.4, 0.5) is 0 Å². The molecule has 3 heteroatoms. The van der Waals surface area contributed by atoms with Crippen LogP contribution in [0, 0.1) is 0 Å². The van der Waals surface area contributed by atoms with Crippen molar-refractivity contribution >= 4 is 0 Å². The summed E-state index contributed by atoms with van der Waals surface area (Å²) in [5.74, 6) is 0. The van der Waals surface area contributed by atoms with Crippen molar-refractivity contribution in [3.8, 4) is 0 Å². The van der Waals surface area contributed by atoms with Gasteiger partial charge >= 0.3 is 0 Å². The molecule has 3 fully saturated rings. The zero-order chi connectivity index (χ0) is 16.4. The van der Waals surface area contributed by atoms with Crippen molar-refractivity contribution < 1.29 is 4.74 Å². The van der Waals surface area contributed by atoms with E-state index in [0.29, 0.717) is 12.1 Å². The summed E-state index contributed by atoms with van der Waals surface area (Å²) in [4.78, 5) is 5.38. The first-order valence-electron chi connectivity index (χ1n) is 9.88. The third-order valence-electron chi connectivity index (χ3n) is 6.56. The highest BCUT2D eigenvalue weighted by Crippen LogP contribution is 2.43. The first-order valence-corrected chi connectivity index (χ1v) is 9.88. The standard InChI is InChI=1S/C21H32N2O/c1-22(17-18-8-3-2-4-9-18)19-10-12-21(11-7-15-24-21)16-20(19)23-13-5-6-14-23/h2-4,8-9,19-20H,5-7,10-17H2,1H3/t19-,20-,21-/m1/s1. The lowest BCUT2D eigenvalue weighted by atomic mass is 9.76. The van der Waals surface area contributed by atoms with Crippen LogP contribution in [0.25, 0.3) is 0 Å². The number of benzene rings is 1. The molecule has 24 heavy (non-hydrogen) atoms. The number of likely N-dealkylation sites (N-methyl/N-ethyl adjacent to an activating group) is 1. The fraction of sp³-hybridized carbons (Fsp3) is 0.714. The number of hydrogen-bond acceptors (Lipinski definition) is 3. The fourth-order valence-electron chi connectivity index (χ4n) is 5.28. The van der Waals surface area contributed by atoms with Gasteiger partial charge in [0.05, 0.1) is 5.60 Å². The molecule has 1 spiro atoms. The molecule has 132 valence electrons. The Morgan fingerprint density at radius 3 is 2.62 bits per heavy atom. The molecule has 2 heterocycles. The molecule has 0 unspecified atom stereocenters. The van der Waals surface area contributed by atoms with Crippen molar-refractivity contribution in [3.05, 3.63) is 35.9 Å². The zero-order valence-electron chi connectivity index (χ0n) is 15.1. The van der Waals surface area contributed by atoms with Gasteiger partial charge in [-0.2, -0.15) is 0 Å². The van der Waals surface area contributed by atoms with Gasteiger partial charge in [-0.3, -0.25) is 9.80 Å². The highest BCUT2D eigenvalue weighted by molar-refractivity contribution is 5.15. The molecule has 0 aromatic heterocycles. The van der Waals surface area contributed by atoms with E-state index in [1.54, 1.807) is 0 Å². The molecule has 0 bridgehead atoms. The van der Waals surface area contributed by atoms with E-state index < -0.39 is 0 Å². The highest BCUT2D eigenvalue weighted by atomic mass is 16.5. The predicted molar refractivity (Wildman–Crippen MR) is 98.1 cm³/mol. The van der Waals surface area contributed by atoms with Crippen LogP contribution >= 0.6 is 0 Å². The quantitative estimate of drug-likeness (QED) is 0.838. The zero-order valence-corrected chi connectivity index (χ0v) is 15.1. The summed E-state index contributed by atoms with van der Waals surface area (Å²) in [6, 6.07) is 12.3. The van der Waals surface area contributed by atoms with Crippen molar-refractivity contribution in [1.82, 2.24) is 9.80 Å². The van der Waals surface area contributed by atoms with Gasteiger partial charge in [-0.05, 0) is 70.6 Å². The van der Waals surface area contributed by atoms with E-state index in [1.165, 1.54) is 63.6 Å². The Morgan fingerprint density at radius 1 is 1.12 bits per heavy atom. The van der Waals surface area contributed by atoms with Gasteiger partial charge in [0.25, 0.3) is 0 Å². The van der Waals surface area contributed by atoms with E-state index in [-0.39, 0.29) is 5.60 Å². The van der Waals surface area contributed by atoms with Crippen LogP contribution < -0.4 is 0 Å². The Hall–Kier alpha value is -0.900. The third-order valence-corrected chi connectivity index (χ3v) is 6.56. The minimum atomic E-state index is 0.206. The van der Waals surface area contributed by atoms with Crippen LogP contribution in [-0.4, -0.2) is 54.2 Å². The van der Waals surface area contributed by atoms with E-state index in [0.717, 1.165) is 13.2 Å². The minimum absolute atomic E-state index is 0.206. The van der Waals surface area contributed by atoms with Crippen molar-refractivity contribution in [2.75, 3.05) is 26.7 Å². The van der Waals surface area contributed by atoms with Crippen molar-refractivity contribution in [2.24, 2.45) is 0 Å². The second-order valence-corrected chi connectivity index (χ2v) is 8.16. The Bertz CT molecular complexity index is 520. The van der Waals surface area contributed by atoms with Gasteiger partial charge in [-0.25, -0.2) is 0 Å². The normalized spacial score (nSPS) is 34.4. The second kappa shape index (κ2) is 7.15. The summed E-state index contributed by atoms with van der Waals surface area (Å²) < 4.78 is 6.27. The monoisotopic (exact) mass is 328 g/mol. The molecule has 3 atom stereocenters. The summed E-state index contributed by atoms with van der Waals surface area (Å²) in [5, 5.41) is 0. The van der Waals surface area contributed by atoms with Gasteiger partial charge in [0.1, 0.15) is 0 Å². The molecular weight excluding hydrogens is 296 g/mol. The maximum atomic E-state index is 6.27. The van der Waals surface area contributed by atoms with E-state index in [1.807, 2.05) is 0 Å². The molecule has 2 aliphatic heterocycles. The number of hydrogen-bond donors (Lipinski definition) is 0. The maximum Gasteiger partial charge on any atom is 0.0699 e. The summed E-state index contributed by atoms with van der Waals surface area (Å²) in [5.41, 5.74) is 1.63. The summed E-state index contributed by atoms with van der Waals surface area (Å²) in [6.45, 7) is 4.62. The Morgan fingerprint density at radius 2 is 1.92 bits per heavy atom. The average Bonchev–Trinajstić information content (AvgIpc) is 3.28. The summed E-state index contributed by atoms with van der Waals surface area (Å²) in [7, 11) is 2.33. The van der Waals surface area contributed by atoms with E-state index in [9.17, 15) is 0 Å². The number of likely N-dealkylation sites (tertiary alicyclic amines) is 1. The van der Waals surface area contributed by atoms with Crippen LogP contribution in [0.5, 0.6) is 0 Å². The van der Waals surface area contributed by atoms with Crippen LogP contribution in [0.3, 0.4) is 0 Å². The van der Waals surface area contributed by atoms with E-state index in [2.05, 4.69) is 47.2 Å². The van der Waals surface area contributed by atoms with Crippen LogP contribution in [0.15, 0.2) is 30.3 Å². The molecule has 2 saturated heterocycles. The van der Waals surface area contributed by atoms with Gasteiger partial charge in [0.2, 0.25) is 0 Å². The van der Waals surface area contributed by atoms with Crippen molar-refractivity contribution in [1.29, 1.82) is 0 Å². The van der Waals surface area contributed by atoms with Crippen LogP contribution in [-0.2, 0) is 11.3 Å². The van der Waals surface area contributed by atoms with Gasteiger partial charge in [-0.15, -0.1) is 0 Å². The number of rotatable bonds is 4. The van der Waals surface area contributed by atoms with E-state index >= 15 is 0 Å². The van der Waals surface area contributed by atoms with Crippen molar-refractivity contribution in [2.45, 2.75) is 69.2 Å². The number of ether oxygens (including phenoxy) is 1. The molecule has 1 aromatic rings. The minimum Gasteiger partial charge on any atom is -0.375 e. The summed E-state index contributed by atoms with van der Waals surface area (Å²) >= 11 is 0. The fourth-order valence-corrected chi connectivity index (χ4v) is 5.28. The molecule has 0 N–H and O–H groups in total. The lowest BCUT2D eigenvalue weighted by molar-refractivity contribution is -0.0731. The SMILES string of the molecule is CN(Cc1ccccc1)[C@@H]1CC[C@]2(CCCO2)C[C@H]1N1CCCC1. The van der Waals surface area contributed by atoms with Gasteiger partial charge in [0, 0.05) is 25.2 Å². The third kappa shape index (κ3) is 3.40. The molecule has 1 aromatic carbocycles. The van der Waals surface area contributed by atoms with Gasteiger partial charge < -0.3 is 4.74 Å². The molecule has 0 radical (unpaired) electrons. The maximum absolute atomic E-state index is 6.27. The number of nitrogens with zero attached hydrogens (tertiary/aromatic N) is 2. The Balaban J connectivity index is 1.49. The lowest BCUT2D eigenvalue weighted by Gasteiger charge is -2.48. The molecular formula is C21H32N2O. The largest absolute Gasteiger partial charge is 0.375 e. The van der Waals surface area contributed by atoms with Crippen molar-refractivity contribution in [3.63, 3.8) is 0 Å². The van der Waals surface area contributed by atoms with E-state index in [4.69, 9.17) is 4.74 Å². The molecule has 3 aliphatic rings. The smallest absolute Gasteiger partial charge is 0.0699 e. The Kier molecular flexibility index (Phi) is 4.93. The lowest BCUT2D eigenvalue weighted by Crippen LogP contribution is -2.56.